The smallest absolute Gasteiger partial charge is 0.0542 e. The van der Waals surface area contributed by atoms with Crippen LogP contribution in [0.3, 0.4) is 0 Å². The maximum absolute atomic E-state index is 6.03. The summed E-state index contributed by atoms with van der Waals surface area (Å²) in [7, 11) is 0. The Morgan fingerprint density at radius 1 is 1.13 bits per heavy atom. The number of hydrogen-bond acceptors (Lipinski definition) is 3. The van der Waals surface area contributed by atoms with Gasteiger partial charge in [0.15, 0.2) is 0 Å². The Labute approximate surface area is 109 Å². The van der Waals surface area contributed by atoms with Crippen LogP contribution in [-0.2, 0) is 0 Å². The molecule has 0 atom stereocenters. The van der Waals surface area contributed by atoms with Gasteiger partial charge in [-0.1, -0.05) is 23.2 Å². The molecule has 84 valence electrons. The third-order valence-electron chi connectivity index (χ3n) is 1.64. The standard InChI is InChI=1S/C10H13Cl2NS2/c11-8-1-2-9(12)10(7-8)15-6-5-14-4-3-13/h1-2,7H,3-6,13H2. The lowest BCUT2D eigenvalue weighted by atomic mass is 10.4. The highest BCUT2D eigenvalue weighted by Gasteiger charge is 2.01. The molecule has 2 N–H and O–H groups in total. The van der Waals surface area contributed by atoms with Gasteiger partial charge in [-0.05, 0) is 18.2 Å². The molecule has 0 radical (unpaired) electrons. The molecular weight excluding hydrogens is 269 g/mol. The summed E-state index contributed by atoms with van der Waals surface area (Å²) < 4.78 is 0. The van der Waals surface area contributed by atoms with E-state index in [1.54, 1.807) is 17.8 Å². The van der Waals surface area contributed by atoms with Gasteiger partial charge in [0.05, 0.1) is 5.02 Å². The van der Waals surface area contributed by atoms with Crippen LogP contribution in [0.5, 0.6) is 0 Å². The molecule has 0 spiro atoms. The molecular formula is C10H13Cl2NS2. The molecule has 0 bridgehead atoms. The lowest BCUT2D eigenvalue weighted by molar-refractivity contribution is 1.15. The number of nitrogens with two attached hydrogens (primary N) is 1. The number of halogens is 2. The second kappa shape index (κ2) is 7.69. The molecule has 0 aliphatic heterocycles. The maximum Gasteiger partial charge on any atom is 0.0542 e. The predicted octanol–water partition coefficient (Wildman–Crippen LogP) is 3.78. The Kier molecular flexibility index (Phi) is 6.93. The van der Waals surface area contributed by atoms with Crippen LogP contribution in [0.25, 0.3) is 0 Å². The van der Waals surface area contributed by atoms with E-state index >= 15 is 0 Å². The summed E-state index contributed by atoms with van der Waals surface area (Å²) in [6, 6.07) is 5.54. The largest absolute Gasteiger partial charge is 0.330 e. The Balaban J connectivity index is 2.33. The zero-order chi connectivity index (χ0) is 11.1. The third kappa shape index (κ3) is 5.36. The summed E-state index contributed by atoms with van der Waals surface area (Å²) in [6.07, 6.45) is 0. The fourth-order valence-corrected chi connectivity index (χ4v) is 3.31. The van der Waals surface area contributed by atoms with Gasteiger partial charge < -0.3 is 5.73 Å². The first kappa shape index (κ1) is 13.5. The van der Waals surface area contributed by atoms with Crippen LogP contribution in [0, 0.1) is 0 Å². The lowest BCUT2D eigenvalue weighted by Gasteiger charge is -2.04. The van der Waals surface area contributed by atoms with E-state index in [1.165, 1.54) is 0 Å². The summed E-state index contributed by atoms with van der Waals surface area (Å²) in [6.45, 7) is 0.743. The van der Waals surface area contributed by atoms with Crippen LogP contribution in [0.4, 0.5) is 0 Å². The number of hydrogen-bond donors (Lipinski definition) is 1. The van der Waals surface area contributed by atoms with Crippen LogP contribution in [0.1, 0.15) is 0 Å². The van der Waals surface area contributed by atoms with Crippen LogP contribution < -0.4 is 5.73 Å². The first-order valence-electron chi connectivity index (χ1n) is 4.59. The molecule has 1 aromatic rings. The van der Waals surface area contributed by atoms with Gasteiger partial charge in [0.25, 0.3) is 0 Å². The van der Waals surface area contributed by atoms with E-state index in [-0.39, 0.29) is 0 Å². The van der Waals surface area contributed by atoms with Gasteiger partial charge in [0, 0.05) is 33.7 Å². The normalized spacial score (nSPS) is 10.6. The van der Waals surface area contributed by atoms with Crippen LogP contribution in [0.2, 0.25) is 10.0 Å². The molecule has 0 fully saturated rings. The van der Waals surface area contributed by atoms with E-state index in [1.807, 2.05) is 23.9 Å². The van der Waals surface area contributed by atoms with E-state index in [2.05, 4.69) is 0 Å². The predicted molar refractivity (Wildman–Crippen MR) is 73.6 cm³/mol. The summed E-state index contributed by atoms with van der Waals surface area (Å²) in [4.78, 5) is 1.05. The number of thioether (sulfide) groups is 2. The molecule has 0 saturated carbocycles. The Bertz CT molecular complexity index is 307. The Morgan fingerprint density at radius 2 is 1.93 bits per heavy atom. The van der Waals surface area contributed by atoms with Crippen molar-refractivity contribution in [2.45, 2.75) is 4.90 Å². The quantitative estimate of drug-likeness (QED) is 0.635. The molecule has 1 nitrogen and oxygen atoms in total. The summed E-state index contributed by atoms with van der Waals surface area (Å²) in [5, 5.41) is 1.50. The van der Waals surface area contributed by atoms with Gasteiger partial charge in [0.2, 0.25) is 0 Å². The average Bonchev–Trinajstić information content (AvgIpc) is 2.23. The van der Waals surface area contributed by atoms with Crippen LogP contribution >= 0.6 is 46.7 Å². The molecule has 0 aromatic heterocycles. The van der Waals surface area contributed by atoms with E-state index < -0.39 is 0 Å². The van der Waals surface area contributed by atoms with E-state index in [9.17, 15) is 0 Å². The molecule has 1 aromatic carbocycles. The first-order valence-corrected chi connectivity index (χ1v) is 7.49. The van der Waals surface area contributed by atoms with Crippen molar-refractivity contribution in [3.05, 3.63) is 28.2 Å². The molecule has 0 aliphatic rings. The second-order valence-corrected chi connectivity index (χ2v) is 6.03. The Morgan fingerprint density at radius 3 is 2.67 bits per heavy atom. The van der Waals surface area contributed by atoms with Crippen molar-refractivity contribution >= 4 is 46.7 Å². The topological polar surface area (TPSA) is 26.0 Å². The van der Waals surface area contributed by atoms with Gasteiger partial charge in [-0.3, -0.25) is 0 Å². The van der Waals surface area contributed by atoms with Crippen molar-refractivity contribution in [2.75, 3.05) is 23.8 Å². The van der Waals surface area contributed by atoms with Crippen molar-refractivity contribution in [1.29, 1.82) is 0 Å². The van der Waals surface area contributed by atoms with Crippen molar-refractivity contribution in [1.82, 2.24) is 0 Å². The molecule has 0 unspecified atom stereocenters. The summed E-state index contributed by atoms with van der Waals surface area (Å²) in [5.74, 6) is 3.14. The minimum atomic E-state index is 0.733. The monoisotopic (exact) mass is 281 g/mol. The fraction of sp³-hybridized carbons (Fsp3) is 0.400. The van der Waals surface area contributed by atoms with Crippen molar-refractivity contribution in [3.8, 4) is 0 Å². The van der Waals surface area contributed by atoms with Crippen molar-refractivity contribution in [2.24, 2.45) is 5.73 Å². The van der Waals surface area contributed by atoms with Gasteiger partial charge in [-0.15, -0.1) is 11.8 Å². The molecule has 0 amide bonds. The SMILES string of the molecule is NCCSCCSc1cc(Cl)ccc1Cl. The number of rotatable bonds is 6. The van der Waals surface area contributed by atoms with Gasteiger partial charge in [0.1, 0.15) is 0 Å². The van der Waals surface area contributed by atoms with E-state index in [4.69, 9.17) is 28.9 Å². The van der Waals surface area contributed by atoms with Gasteiger partial charge in [-0.25, -0.2) is 0 Å². The average molecular weight is 282 g/mol. The maximum atomic E-state index is 6.03. The molecule has 5 heteroatoms. The van der Waals surface area contributed by atoms with Crippen LogP contribution in [0.15, 0.2) is 23.1 Å². The molecule has 0 saturated heterocycles. The molecule has 0 aliphatic carbocycles. The fourth-order valence-electron chi connectivity index (χ4n) is 0.984. The highest BCUT2D eigenvalue weighted by atomic mass is 35.5. The zero-order valence-electron chi connectivity index (χ0n) is 8.21. The van der Waals surface area contributed by atoms with E-state index in [0.29, 0.717) is 0 Å². The van der Waals surface area contributed by atoms with Gasteiger partial charge >= 0.3 is 0 Å². The summed E-state index contributed by atoms with van der Waals surface area (Å²) in [5.41, 5.74) is 5.40. The number of benzene rings is 1. The second-order valence-electron chi connectivity index (χ2n) is 2.82. The highest BCUT2D eigenvalue weighted by molar-refractivity contribution is 8.03. The molecule has 0 heterocycles. The molecule has 1 rings (SSSR count). The van der Waals surface area contributed by atoms with Crippen LogP contribution in [-0.4, -0.2) is 23.8 Å². The minimum absolute atomic E-state index is 0.733. The Hall–Kier alpha value is 0.460. The van der Waals surface area contributed by atoms with Gasteiger partial charge in [-0.2, -0.15) is 11.8 Å². The molecule has 15 heavy (non-hydrogen) atoms. The highest BCUT2D eigenvalue weighted by Crippen LogP contribution is 2.30. The third-order valence-corrected chi connectivity index (χ3v) is 4.65. The van der Waals surface area contributed by atoms with Crippen molar-refractivity contribution in [3.63, 3.8) is 0 Å². The zero-order valence-corrected chi connectivity index (χ0v) is 11.4. The first-order chi connectivity index (χ1) is 7.24. The minimum Gasteiger partial charge on any atom is -0.330 e. The van der Waals surface area contributed by atoms with Crippen molar-refractivity contribution < 1.29 is 0 Å². The van der Waals surface area contributed by atoms with E-state index in [0.717, 1.165) is 38.7 Å². The lowest BCUT2D eigenvalue weighted by Crippen LogP contribution is -2.02. The summed E-state index contributed by atoms with van der Waals surface area (Å²) >= 11 is 15.5.